The first-order valence-electron chi connectivity index (χ1n) is 8.09. The van der Waals surface area contributed by atoms with Crippen molar-refractivity contribution < 1.29 is 22.7 Å². The zero-order valence-electron chi connectivity index (χ0n) is 14.5. The van der Waals surface area contributed by atoms with E-state index >= 15 is 0 Å². The lowest BCUT2D eigenvalue weighted by atomic mass is 10.2. The third-order valence-electron chi connectivity index (χ3n) is 3.98. The van der Waals surface area contributed by atoms with Crippen LogP contribution in [0, 0.1) is 0 Å². The van der Waals surface area contributed by atoms with Gasteiger partial charge in [0.15, 0.2) is 0 Å². The summed E-state index contributed by atoms with van der Waals surface area (Å²) >= 11 is 0. The second kappa shape index (κ2) is 7.35. The molecule has 0 aliphatic heterocycles. The maximum Gasteiger partial charge on any atom is 0.255 e. The molecule has 0 bridgehead atoms. The van der Waals surface area contributed by atoms with Crippen molar-refractivity contribution in [1.82, 2.24) is 4.72 Å². The van der Waals surface area contributed by atoms with Gasteiger partial charge in [0.1, 0.15) is 11.5 Å². The number of amides is 1. The van der Waals surface area contributed by atoms with E-state index in [1.165, 1.54) is 38.5 Å². The van der Waals surface area contributed by atoms with Crippen molar-refractivity contribution in [2.45, 2.75) is 23.8 Å². The van der Waals surface area contributed by atoms with Crippen LogP contribution < -0.4 is 19.5 Å². The normalized spacial score (nSPS) is 13.9. The van der Waals surface area contributed by atoms with E-state index in [4.69, 9.17) is 9.47 Å². The predicted molar refractivity (Wildman–Crippen MR) is 97.3 cm³/mol. The van der Waals surface area contributed by atoms with Crippen LogP contribution in [0.1, 0.15) is 23.2 Å². The Labute approximate surface area is 152 Å². The van der Waals surface area contributed by atoms with Crippen LogP contribution in [0.3, 0.4) is 0 Å². The smallest absolute Gasteiger partial charge is 0.255 e. The Balaban J connectivity index is 1.76. The Hall–Kier alpha value is -2.58. The Bertz CT molecular complexity index is 906. The highest BCUT2D eigenvalue weighted by atomic mass is 32.2. The van der Waals surface area contributed by atoms with Crippen LogP contribution in [0.2, 0.25) is 0 Å². The van der Waals surface area contributed by atoms with Gasteiger partial charge >= 0.3 is 0 Å². The average molecular weight is 376 g/mol. The van der Waals surface area contributed by atoms with Crippen molar-refractivity contribution in [2.75, 3.05) is 19.5 Å². The molecule has 0 saturated heterocycles. The van der Waals surface area contributed by atoms with E-state index in [2.05, 4.69) is 10.0 Å². The Morgan fingerprint density at radius 2 is 1.73 bits per heavy atom. The largest absolute Gasteiger partial charge is 0.497 e. The number of carbonyl (C=O) groups excluding carboxylic acids is 1. The SMILES string of the molecule is COc1ccc(OC)c(NC(=O)c2ccc(S(=O)(=O)NC3CC3)cc2)c1. The molecule has 1 aliphatic carbocycles. The standard InChI is InChI=1S/C18H20N2O5S/c1-24-14-7-10-17(25-2)16(11-14)19-18(21)12-3-8-15(9-4-12)26(22,23)20-13-5-6-13/h3-4,7-11,13,20H,5-6H2,1-2H3,(H,19,21). The monoisotopic (exact) mass is 376 g/mol. The lowest BCUT2D eigenvalue weighted by Crippen LogP contribution is -2.25. The molecule has 0 aromatic heterocycles. The van der Waals surface area contributed by atoms with E-state index in [0.29, 0.717) is 22.7 Å². The van der Waals surface area contributed by atoms with Gasteiger partial charge in [-0.2, -0.15) is 0 Å². The summed E-state index contributed by atoms with van der Waals surface area (Å²) < 4.78 is 37.3. The molecule has 138 valence electrons. The summed E-state index contributed by atoms with van der Waals surface area (Å²) in [5.74, 6) is 0.691. The Morgan fingerprint density at radius 1 is 1.04 bits per heavy atom. The molecule has 0 unspecified atom stereocenters. The molecule has 2 aromatic carbocycles. The van der Waals surface area contributed by atoms with E-state index in [1.54, 1.807) is 18.2 Å². The molecule has 1 aliphatic rings. The van der Waals surface area contributed by atoms with Gasteiger partial charge in [-0.3, -0.25) is 4.79 Å². The molecule has 3 rings (SSSR count). The van der Waals surface area contributed by atoms with Crippen LogP contribution in [0.25, 0.3) is 0 Å². The third kappa shape index (κ3) is 4.14. The number of sulfonamides is 1. The van der Waals surface area contributed by atoms with Gasteiger partial charge in [-0.25, -0.2) is 13.1 Å². The second-order valence-corrected chi connectivity index (χ2v) is 7.65. The maximum absolute atomic E-state index is 12.5. The fourth-order valence-electron chi connectivity index (χ4n) is 2.38. The molecule has 1 saturated carbocycles. The molecule has 0 heterocycles. The third-order valence-corrected chi connectivity index (χ3v) is 5.52. The molecule has 26 heavy (non-hydrogen) atoms. The zero-order valence-corrected chi connectivity index (χ0v) is 15.3. The zero-order chi connectivity index (χ0) is 18.7. The first kappa shape index (κ1) is 18.2. The van der Waals surface area contributed by atoms with E-state index in [1.807, 2.05) is 0 Å². The number of hydrogen-bond acceptors (Lipinski definition) is 5. The van der Waals surface area contributed by atoms with E-state index in [9.17, 15) is 13.2 Å². The molecule has 7 nitrogen and oxygen atoms in total. The van der Waals surface area contributed by atoms with Crippen LogP contribution in [-0.2, 0) is 10.0 Å². The lowest BCUT2D eigenvalue weighted by molar-refractivity contribution is 0.102. The van der Waals surface area contributed by atoms with Gasteiger partial charge in [0, 0.05) is 17.7 Å². The number of benzene rings is 2. The molecule has 0 radical (unpaired) electrons. The summed E-state index contributed by atoms with van der Waals surface area (Å²) in [6.07, 6.45) is 1.73. The number of carbonyl (C=O) groups is 1. The van der Waals surface area contributed by atoms with Gasteiger partial charge in [-0.1, -0.05) is 0 Å². The van der Waals surface area contributed by atoms with Crippen molar-refractivity contribution in [3.63, 3.8) is 0 Å². The van der Waals surface area contributed by atoms with Gasteiger partial charge < -0.3 is 14.8 Å². The highest BCUT2D eigenvalue weighted by Gasteiger charge is 2.28. The Kier molecular flexibility index (Phi) is 5.15. The van der Waals surface area contributed by atoms with Crippen molar-refractivity contribution in [3.05, 3.63) is 48.0 Å². The Morgan fingerprint density at radius 3 is 2.31 bits per heavy atom. The van der Waals surface area contributed by atoms with E-state index in [-0.39, 0.29) is 16.8 Å². The molecule has 2 N–H and O–H groups in total. The lowest BCUT2D eigenvalue weighted by Gasteiger charge is -2.12. The predicted octanol–water partition coefficient (Wildman–Crippen LogP) is 2.40. The highest BCUT2D eigenvalue weighted by molar-refractivity contribution is 7.89. The maximum atomic E-state index is 12.5. The highest BCUT2D eigenvalue weighted by Crippen LogP contribution is 2.29. The summed E-state index contributed by atoms with van der Waals surface area (Å²) in [6.45, 7) is 0. The molecule has 8 heteroatoms. The molecule has 2 aromatic rings. The van der Waals surface area contributed by atoms with Crippen LogP contribution in [0.5, 0.6) is 11.5 Å². The minimum atomic E-state index is -3.54. The van der Waals surface area contributed by atoms with Gasteiger partial charge in [-0.05, 0) is 49.2 Å². The van der Waals surface area contributed by atoms with E-state index < -0.39 is 10.0 Å². The fraction of sp³-hybridized carbons (Fsp3) is 0.278. The minimum absolute atomic E-state index is 0.0310. The van der Waals surface area contributed by atoms with Crippen molar-refractivity contribution in [3.8, 4) is 11.5 Å². The second-order valence-electron chi connectivity index (χ2n) is 5.94. The number of anilines is 1. The van der Waals surface area contributed by atoms with Gasteiger partial charge in [0.05, 0.1) is 24.8 Å². The molecule has 1 fully saturated rings. The van der Waals surface area contributed by atoms with Crippen LogP contribution >= 0.6 is 0 Å². The van der Waals surface area contributed by atoms with Crippen molar-refractivity contribution in [2.24, 2.45) is 0 Å². The number of nitrogens with one attached hydrogen (secondary N) is 2. The molecular weight excluding hydrogens is 356 g/mol. The van der Waals surface area contributed by atoms with Gasteiger partial charge in [0.25, 0.3) is 5.91 Å². The number of ether oxygens (including phenoxy) is 2. The number of hydrogen-bond donors (Lipinski definition) is 2. The number of methoxy groups -OCH3 is 2. The number of rotatable bonds is 7. The van der Waals surface area contributed by atoms with Gasteiger partial charge in [0.2, 0.25) is 10.0 Å². The topological polar surface area (TPSA) is 93.7 Å². The van der Waals surface area contributed by atoms with Crippen LogP contribution in [-0.4, -0.2) is 34.6 Å². The van der Waals surface area contributed by atoms with Gasteiger partial charge in [-0.15, -0.1) is 0 Å². The summed E-state index contributed by atoms with van der Waals surface area (Å²) in [5, 5.41) is 2.74. The molecule has 0 spiro atoms. The summed E-state index contributed by atoms with van der Waals surface area (Å²) in [6, 6.07) is 10.9. The minimum Gasteiger partial charge on any atom is -0.497 e. The fourth-order valence-corrected chi connectivity index (χ4v) is 3.69. The molecule has 1 amide bonds. The summed E-state index contributed by atoms with van der Waals surface area (Å²) in [7, 11) is -0.502. The van der Waals surface area contributed by atoms with Crippen LogP contribution in [0.4, 0.5) is 5.69 Å². The van der Waals surface area contributed by atoms with Crippen molar-refractivity contribution in [1.29, 1.82) is 0 Å². The first-order chi connectivity index (χ1) is 12.4. The van der Waals surface area contributed by atoms with Crippen molar-refractivity contribution >= 4 is 21.6 Å². The summed E-state index contributed by atoms with van der Waals surface area (Å²) in [5.41, 5.74) is 0.796. The summed E-state index contributed by atoms with van der Waals surface area (Å²) in [4.78, 5) is 12.6. The molecular formula is C18H20N2O5S. The quantitative estimate of drug-likeness (QED) is 0.774. The van der Waals surface area contributed by atoms with E-state index in [0.717, 1.165) is 12.8 Å². The van der Waals surface area contributed by atoms with Crippen LogP contribution in [0.15, 0.2) is 47.4 Å². The first-order valence-corrected chi connectivity index (χ1v) is 9.57. The average Bonchev–Trinajstić information content (AvgIpc) is 3.45. The molecule has 0 atom stereocenters.